The van der Waals surface area contributed by atoms with Gasteiger partial charge in [-0.05, 0) is 30.5 Å². The van der Waals surface area contributed by atoms with Crippen LogP contribution in [0.2, 0.25) is 0 Å². The number of nitrogens with zero attached hydrogens (tertiary/aromatic N) is 1. The maximum absolute atomic E-state index is 7.70. The van der Waals surface area contributed by atoms with Crippen molar-refractivity contribution in [3.05, 3.63) is 71.8 Å². The Morgan fingerprint density at radius 2 is 1.65 bits per heavy atom. The van der Waals surface area contributed by atoms with Crippen LogP contribution in [0.4, 0.5) is 0 Å². The summed E-state index contributed by atoms with van der Waals surface area (Å²) in [7, 11) is -0.178. The van der Waals surface area contributed by atoms with Crippen molar-refractivity contribution >= 4 is 13.2 Å². The highest BCUT2D eigenvalue weighted by Gasteiger charge is 2.53. The molecule has 4 heteroatoms. The highest BCUT2D eigenvalue weighted by atomic mass is 16.4. The molecule has 116 valence electrons. The standard InChI is InChI=1S/C19H21BN2O/c21-15-20-22-13-7-12-18(22)19(14-23-20,16-8-3-1-4-9-16)17-10-5-2-6-11-17/h1-6,8-11,15,18,21H,7,12-14H2/t18-/m1/s1. The fourth-order valence-electron chi connectivity index (χ4n) is 4.36. The van der Waals surface area contributed by atoms with E-state index in [1.54, 1.807) is 0 Å². The largest absolute Gasteiger partial charge is 0.429 e. The van der Waals surface area contributed by atoms with Crippen molar-refractivity contribution in [1.82, 2.24) is 4.81 Å². The molecule has 0 unspecified atom stereocenters. The lowest BCUT2D eigenvalue weighted by Gasteiger charge is -2.49. The van der Waals surface area contributed by atoms with Gasteiger partial charge in [0.05, 0.1) is 5.41 Å². The summed E-state index contributed by atoms with van der Waals surface area (Å²) in [6.45, 7) is 1.63. The molecule has 4 rings (SSSR count). The number of benzene rings is 2. The van der Waals surface area contributed by atoms with Crippen molar-refractivity contribution < 1.29 is 4.65 Å². The van der Waals surface area contributed by atoms with Crippen LogP contribution >= 0.6 is 0 Å². The molecule has 0 aliphatic carbocycles. The molecule has 0 radical (unpaired) electrons. The fourth-order valence-corrected chi connectivity index (χ4v) is 4.36. The number of nitrogens with one attached hydrogen (secondary N) is 1. The fraction of sp³-hybridized carbons (Fsp3) is 0.316. The maximum atomic E-state index is 7.70. The summed E-state index contributed by atoms with van der Waals surface area (Å²) in [6, 6.07) is 21.9. The van der Waals surface area contributed by atoms with Crippen molar-refractivity contribution in [2.45, 2.75) is 24.3 Å². The summed E-state index contributed by atoms with van der Waals surface area (Å²) < 4.78 is 6.15. The van der Waals surface area contributed by atoms with Gasteiger partial charge in [0.2, 0.25) is 0 Å². The van der Waals surface area contributed by atoms with Crippen LogP contribution in [0.25, 0.3) is 0 Å². The van der Waals surface area contributed by atoms with Crippen molar-refractivity contribution in [3.8, 4) is 0 Å². The Bertz CT molecular complexity index is 637. The molecule has 0 saturated carbocycles. The van der Waals surface area contributed by atoms with E-state index in [1.807, 2.05) is 0 Å². The van der Waals surface area contributed by atoms with Crippen LogP contribution in [0.3, 0.4) is 0 Å². The second-order valence-electron chi connectivity index (χ2n) is 6.47. The Morgan fingerprint density at radius 1 is 1.04 bits per heavy atom. The summed E-state index contributed by atoms with van der Waals surface area (Å²) >= 11 is 0. The van der Waals surface area contributed by atoms with Crippen LogP contribution in [-0.2, 0) is 10.1 Å². The minimum Gasteiger partial charge on any atom is -0.416 e. The van der Waals surface area contributed by atoms with E-state index < -0.39 is 0 Å². The molecule has 0 aromatic heterocycles. The maximum Gasteiger partial charge on any atom is 0.429 e. The van der Waals surface area contributed by atoms with E-state index in [0.717, 1.165) is 13.0 Å². The smallest absolute Gasteiger partial charge is 0.416 e. The molecule has 2 aliphatic rings. The number of hydrogen-bond acceptors (Lipinski definition) is 3. The Morgan fingerprint density at radius 3 is 2.22 bits per heavy atom. The van der Waals surface area contributed by atoms with Gasteiger partial charge >= 0.3 is 7.05 Å². The molecule has 2 aromatic rings. The molecule has 23 heavy (non-hydrogen) atoms. The van der Waals surface area contributed by atoms with Gasteiger partial charge < -0.3 is 14.9 Å². The summed E-state index contributed by atoms with van der Waals surface area (Å²) in [5.74, 6) is 0. The van der Waals surface area contributed by atoms with Gasteiger partial charge in [0.25, 0.3) is 0 Å². The van der Waals surface area contributed by atoms with E-state index in [9.17, 15) is 0 Å². The van der Waals surface area contributed by atoms with Crippen molar-refractivity contribution in [1.29, 1.82) is 5.41 Å². The molecule has 2 saturated heterocycles. The van der Waals surface area contributed by atoms with Crippen molar-refractivity contribution in [2.24, 2.45) is 0 Å². The monoisotopic (exact) mass is 304 g/mol. The van der Waals surface area contributed by atoms with E-state index in [0.29, 0.717) is 12.6 Å². The third-order valence-corrected chi connectivity index (χ3v) is 5.39. The molecule has 0 amide bonds. The molecule has 1 atom stereocenters. The van der Waals surface area contributed by atoms with Crippen LogP contribution in [0.1, 0.15) is 24.0 Å². The predicted octanol–water partition coefficient (Wildman–Crippen LogP) is 3.14. The average molecular weight is 304 g/mol. The molecule has 2 fully saturated rings. The minimum atomic E-state index is -0.178. The average Bonchev–Trinajstić information content (AvgIpc) is 3.13. The molecule has 1 N–H and O–H groups in total. The highest BCUT2D eigenvalue weighted by Crippen LogP contribution is 2.45. The van der Waals surface area contributed by atoms with Crippen LogP contribution in [0.5, 0.6) is 0 Å². The lowest BCUT2D eigenvalue weighted by molar-refractivity contribution is 0.110. The summed E-state index contributed by atoms with van der Waals surface area (Å²) in [5.41, 5.74) is 2.47. The lowest BCUT2D eigenvalue weighted by Crippen LogP contribution is -2.62. The van der Waals surface area contributed by atoms with E-state index in [-0.39, 0.29) is 12.5 Å². The highest BCUT2D eigenvalue weighted by molar-refractivity contribution is 6.77. The zero-order valence-electron chi connectivity index (χ0n) is 13.2. The molecule has 3 nitrogen and oxygen atoms in total. The molecule has 2 aliphatic heterocycles. The second-order valence-corrected chi connectivity index (χ2v) is 6.47. The first-order valence-corrected chi connectivity index (χ1v) is 8.35. The Labute approximate surface area is 137 Å². The van der Waals surface area contributed by atoms with Gasteiger partial charge in [0.1, 0.15) is 0 Å². The van der Waals surface area contributed by atoms with E-state index >= 15 is 0 Å². The van der Waals surface area contributed by atoms with Crippen LogP contribution in [0, 0.1) is 5.41 Å². The lowest BCUT2D eigenvalue weighted by atomic mass is 9.63. The van der Waals surface area contributed by atoms with Gasteiger partial charge in [-0.1, -0.05) is 60.7 Å². The van der Waals surface area contributed by atoms with Crippen molar-refractivity contribution in [3.63, 3.8) is 0 Å². The quantitative estimate of drug-likeness (QED) is 0.698. The number of rotatable bonds is 3. The van der Waals surface area contributed by atoms with E-state index in [4.69, 9.17) is 10.1 Å². The van der Waals surface area contributed by atoms with Gasteiger partial charge in [0, 0.05) is 18.8 Å². The SMILES string of the molecule is N=CB1OCC(c2ccccc2)(c2ccccc2)[C@H]2CCCN12. The van der Waals surface area contributed by atoms with Crippen LogP contribution in [0.15, 0.2) is 60.7 Å². The topological polar surface area (TPSA) is 36.3 Å². The van der Waals surface area contributed by atoms with Crippen LogP contribution < -0.4 is 0 Å². The first-order chi connectivity index (χ1) is 11.4. The number of hydrogen-bond donors (Lipinski definition) is 1. The minimum absolute atomic E-state index is 0.154. The first kappa shape index (κ1) is 14.7. The molecule has 2 aromatic carbocycles. The predicted molar refractivity (Wildman–Crippen MR) is 93.9 cm³/mol. The summed E-state index contributed by atoms with van der Waals surface area (Å²) in [4.78, 5) is 2.37. The zero-order chi connectivity index (χ0) is 15.7. The van der Waals surface area contributed by atoms with Gasteiger partial charge in [-0.2, -0.15) is 0 Å². The normalized spacial score (nSPS) is 23.5. The van der Waals surface area contributed by atoms with Gasteiger partial charge in [-0.3, -0.25) is 0 Å². The molecule has 0 spiro atoms. The third-order valence-electron chi connectivity index (χ3n) is 5.39. The van der Waals surface area contributed by atoms with Gasteiger partial charge in [0.15, 0.2) is 0 Å². The van der Waals surface area contributed by atoms with Gasteiger partial charge in [-0.15, -0.1) is 0 Å². The van der Waals surface area contributed by atoms with Gasteiger partial charge in [-0.25, -0.2) is 0 Å². The summed E-state index contributed by atoms with van der Waals surface area (Å²) in [6.07, 6.45) is 3.76. The molecular formula is C19H21BN2O. The van der Waals surface area contributed by atoms with Crippen molar-refractivity contribution in [2.75, 3.05) is 13.2 Å². The Hall–Kier alpha value is -1.91. The zero-order valence-corrected chi connectivity index (χ0v) is 13.2. The number of fused-ring (bicyclic) bond motifs is 1. The third kappa shape index (κ3) is 2.25. The first-order valence-electron chi connectivity index (χ1n) is 8.35. The van der Waals surface area contributed by atoms with Crippen LogP contribution in [-0.4, -0.2) is 37.2 Å². The Balaban J connectivity index is 1.89. The second kappa shape index (κ2) is 5.95. The molecular weight excluding hydrogens is 283 g/mol. The summed E-state index contributed by atoms with van der Waals surface area (Å²) in [5, 5.41) is 7.70. The molecule has 2 heterocycles. The van der Waals surface area contributed by atoms with E-state index in [1.165, 1.54) is 23.7 Å². The van der Waals surface area contributed by atoms with E-state index in [2.05, 4.69) is 65.5 Å². The Kier molecular flexibility index (Phi) is 3.79. The molecule has 0 bridgehead atoms.